The van der Waals surface area contributed by atoms with Gasteiger partial charge in [-0.1, -0.05) is 82.3 Å². The van der Waals surface area contributed by atoms with Crippen LogP contribution in [0.5, 0.6) is 0 Å². The standard InChI is InChI=1S/C22H24O5.C2H6/c1-21(2,22(3,19(24)26-4)20(25)27-5)18(23)17-13-11-16(12-14-17)15-9-7-6-8-10-15;1-2/h6-14H,1-5H3;1-2H3. The molecule has 2 aromatic carbocycles. The number of esters is 2. The number of ketones is 1. The molecule has 0 fully saturated rings. The summed E-state index contributed by atoms with van der Waals surface area (Å²) in [6, 6.07) is 16.8. The summed E-state index contributed by atoms with van der Waals surface area (Å²) in [4.78, 5) is 37.9. The molecule has 0 heterocycles. The lowest BCUT2D eigenvalue weighted by atomic mass is 9.63. The van der Waals surface area contributed by atoms with Gasteiger partial charge in [0.05, 0.1) is 19.6 Å². The van der Waals surface area contributed by atoms with Gasteiger partial charge in [0, 0.05) is 5.56 Å². The summed E-state index contributed by atoms with van der Waals surface area (Å²) in [6.07, 6.45) is 0. The van der Waals surface area contributed by atoms with Gasteiger partial charge < -0.3 is 9.47 Å². The number of benzene rings is 2. The summed E-state index contributed by atoms with van der Waals surface area (Å²) in [6.45, 7) is 8.48. The Morgan fingerprint density at radius 2 is 1.10 bits per heavy atom. The molecule has 5 nitrogen and oxygen atoms in total. The molecule has 29 heavy (non-hydrogen) atoms. The third kappa shape index (κ3) is 4.56. The Kier molecular flexibility index (Phi) is 8.31. The second kappa shape index (κ2) is 10.0. The van der Waals surface area contributed by atoms with E-state index in [1.807, 2.05) is 56.3 Å². The Labute approximate surface area is 173 Å². The van der Waals surface area contributed by atoms with Crippen molar-refractivity contribution in [3.8, 4) is 11.1 Å². The molecule has 0 aliphatic carbocycles. The lowest BCUT2D eigenvalue weighted by Gasteiger charge is -2.38. The predicted octanol–water partition coefficient (Wildman–Crippen LogP) is 4.94. The van der Waals surface area contributed by atoms with Crippen LogP contribution in [0.25, 0.3) is 11.1 Å². The van der Waals surface area contributed by atoms with E-state index in [-0.39, 0.29) is 5.78 Å². The van der Waals surface area contributed by atoms with Crippen molar-refractivity contribution >= 4 is 17.7 Å². The largest absolute Gasteiger partial charge is 0.468 e. The van der Waals surface area contributed by atoms with Crippen molar-refractivity contribution < 1.29 is 23.9 Å². The summed E-state index contributed by atoms with van der Waals surface area (Å²) in [5, 5.41) is 0. The fourth-order valence-electron chi connectivity index (χ4n) is 3.03. The molecule has 0 atom stereocenters. The molecule has 0 bridgehead atoms. The first kappa shape index (κ1) is 24.1. The van der Waals surface area contributed by atoms with Crippen LogP contribution in [-0.4, -0.2) is 31.9 Å². The quantitative estimate of drug-likeness (QED) is 0.392. The molecular formula is C24H30O5. The first-order chi connectivity index (χ1) is 13.7. The van der Waals surface area contributed by atoms with Crippen molar-refractivity contribution in [2.45, 2.75) is 34.6 Å². The average molecular weight is 398 g/mol. The minimum Gasteiger partial charge on any atom is -0.468 e. The zero-order chi connectivity index (χ0) is 22.2. The number of hydrogen-bond acceptors (Lipinski definition) is 5. The van der Waals surface area contributed by atoms with Crippen molar-refractivity contribution in [2.24, 2.45) is 10.8 Å². The second-order valence-corrected chi connectivity index (χ2v) is 7.01. The van der Waals surface area contributed by atoms with Crippen LogP contribution in [0.1, 0.15) is 45.0 Å². The topological polar surface area (TPSA) is 69.7 Å². The number of methoxy groups -OCH3 is 2. The van der Waals surface area contributed by atoms with Crippen LogP contribution in [0.15, 0.2) is 54.6 Å². The number of Topliss-reactive ketones (excluding diaryl/α,β-unsaturated/α-hetero) is 1. The number of carbonyl (C=O) groups is 3. The fraction of sp³-hybridized carbons (Fsp3) is 0.375. The van der Waals surface area contributed by atoms with Gasteiger partial charge in [-0.15, -0.1) is 0 Å². The highest BCUT2D eigenvalue weighted by molar-refractivity contribution is 6.10. The van der Waals surface area contributed by atoms with Gasteiger partial charge in [0.1, 0.15) is 0 Å². The van der Waals surface area contributed by atoms with Gasteiger partial charge in [-0.05, 0) is 18.1 Å². The summed E-state index contributed by atoms with van der Waals surface area (Å²) in [5.41, 5.74) is -0.746. The maximum absolute atomic E-state index is 13.2. The molecule has 0 aliphatic rings. The zero-order valence-corrected chi connectivity index (χ0v) is 18.2. The summed E-state index contributed by atoms with van der Waals surface area (Å²) >= 11 is 0. The van der Waals surface area contributed by atoms with Crippen LogP contribution in [-0.2, 0) is 19.1 Å². The molecule has 0 radical (unpaired) electrons. The molecule has 0 aromatic heterocycles. The molecule has 156 valence electrons. The third-order valence-corrected chi connectivity index (χ3v) is 5.26. The van der Waals surface area contributed by atoms with Crippen molar-refractivity contribution in [2.75, 3.05) is 14.2 Å². The molecule has 0 unspecified atom stereocenters. The van der Waals surface area contributed by atoms with Crippen molar-refractivity contribution in [1.29, 1.82) is 0 Å². The highest BCUT2D eigenvalue weighted by Gasteiger charge is 2.59. The van der Waals surface area contributed by atoms with Gasteiger partial charge in [-0.25, -0.2) is 0 Å². The smallest absolute Gasteiger partial charge is 0.323 e. The molecule has 0 aliphatic heterocycles. The molecule has 0 spiro atoms. The fourth-order valence-corrected chi connectivity index (χ4v) is 3.03. The molecular weight excluding hydrogens is 368 g/mol. The van der Waals surface area contributed by atoms with Gasteiger partial charge in [0.2, 0.25) is 0 Å². The minimum absolute atomic E-state index is 0.347. The van der Waals surface area contributed by atoms with Gasteiger partial charge in [0.15, 0.2) is 11.2 Å². The van der Waals surface area contributed by atoms with Crippen LogP contribution in [0.2, 0.25) is 0 Å². The number of ether oxygens (including phenoxy) is 2. The van der Waals surface area contributed by atoms with Gasteiger partial charge in [0.25, 0.3) is 0 Å². The monoisotopic (exact) mass is 398 g/mol. The highest BCUT2D eigenvalue weighted by Crippen LogP contribution is 2.43. The number of rotatable bonds is 6. The Morgan fingerprint density at radius 1 is 0.690 bits per heavy atom. The van der Waals surface area contributed by atoms with Gasteiger partial charge in [-0.3, -0.25) is 14.4 Å². The molecule has 5 heteroatoms. The van der Waals surface area contributed by atoms with E-state index in [0.29, 0.717) is 5.56 Å². The molecule has 0 saturated heterocycles. The van der Waals surface area contributed by atoms with Crippen LogP contribution in [0.4, 0.5) is 0 Å². The van der Waals surface area contributed by atoms with E-state index >= 15 is 0 Å². The molecule has 0 saturated carbocycles. The van der Waals surface area contributed by atoms with E-state index in [4.69, 9.17) is 9.47 Å². The summed E-state index contributed by atoms with van der Waals surface area (Å²) < 4.78 is 9.59. The maximum Gasteiger partial charge on any atom is 0.323 e. The molecule has 0 amide bonds. The van der Waals surface area contributed by atoms with E-state index < -0.39 is 22.8 Å². The normalized spacial score (nSPS) is 11.0. The summed E-state index contributed by atoms with van der Waals surface area (Å²) in [5.74, 6) is -1.97. The lowest BCUT2D eigenvalue weighted by molar-refractivity contribution is -0.174. The van der Waals surface area contributed by atoms with Crippen LogP contribution in [0, 0.1) is 10.8 Å². The van der Waals surface area contributed by atoms with Crippen LogP contribution in [0.3, 0.4) is 0 Å². The zero-order valence-electron chi connectivity index (χ0n) is 18.2. The van der Waals surface area contributed by atoms with Crippen molar-refractivity contribution in [3.05, 3.63) is 60.2 Å². The van der Waals surface area contributed by atoms with Gasteiger partial charge in [-0.2, -0.15) is 0 Å². The van der Waals surface area contributed by atoms with Crippen molar-refractivity contribution in [3.63, 3.8) is 0 Å². The van der Waals surface area contributed by atoms with E-state index in [2.05, 4.69) is 0 Å². The van der Waals surface area contributed by atoms with Crippen LogP contribution >= 0.6 is 0 Å². The minimum atomic E-state index is -1.77. The molecule has 2 aromatic rings. The van der Waals surface area contributed by atoms with E-state index in [9.17, 15) is 14.4 Å². The number of hydrogen-bond donors (Lipinski definition) is 0. The first-order valence-corrected chi connectivity index (χ1v) is 9.57. The Balaban J connectivity index is 0.00000204. The average Bonchev–Trinajstić information content (AvgIpc) is 2.78. The number of carbonyl (C=O) groups excluding carboxylic acids is 3. The second-order valence-electron chi connectivity index (χ2n) is 7.01. The van der Waals surface area contributed by atoms with Crippen molar-refractivity contribution in [1.82, 2.24) is 0 Å². The maximum atomic E-state index is 13.2. The Hall–Kier alpha value is -2.95. The molecule has 2 rings (SSSR count). The van der Waals surface area contributed by atoms with E-state index in [1.165, 1.54) is 21.1 Å². The van der Waals surface area contributed by atoms with E-state index in [0.717, 1.165) is 11.1 Å². The Morgan fingerprint density at radius 3 is 1.52 bits per heavy atom. The van der Waals surface area contributed by atoms with Crippen LogP contribution < -0.4 is 0 Å². The first-order valence-electron chi connectivity index (χ1n) is 9.57. The summed E-state index contributed by atoms with van der Waals surface area (Å²) in [7, 11) is 2.36. The van der Waals surface area contributed by atoms with E-state index in [1.54, 1.807) is 26.0 Å². The molecule has 0 N–H and O–H groups in total. The SMILES string of the molecule is CC.COC(=O)C(C)(C(=O)OC)C(C)(C)C(=O)c1ccc(-c2ccccc2)cc1. The van der Waals surface area contributed by atoms with Gasteiger partial charge >= 0.3 is 11.9 Å². The predicted molar refractivity (Wildman–Crippen MR) is 113 cm³/mol. The lowest BCUT2D eigenvalue weighted by Crippen LogP contribution is -2.53. The highest BCUT2D eigenvalue weighted by atomic mass is 16.5. The Bertz CT molecular complexity index is 819. The third-order valence-electron chi connectivity index (χ3n) is 5.26.